The SMILES string of the molecule is Cc1nnc(-c2ccc(-c3ccc(-c4nc5nc(OC6CO[C@@H]7CCO[C@H]67)[nH]c5cc4Cl)cc3)cc2)o1. The predicted octanol–water partition coefficient (Wildman–Crippen LogP) is 5.24. The van der Waals surface area contributed by atoms with Gasteiger partial charge >= 0.3 is 0 Å². The van der Waals surface area contributed by atoms with Gasteiger partial charge in [-0.1, -0.05) is 48.0 Å². The normalized spacial score (nSPS) is 21.0. The van der Waals surface area contributed by atoms with Crippen molar-refractivity contribution in [1.82, 2.24) is 25.1 Å². The van der Waals surface area contributed by atoms with E-state index in [-0.39, 0.29) is 18.3 Å². The Morgan fingerprint density at radius 2 is 1.65 bits per heavy atom. The molecule has 0 bridgehead atoms. The Kier molecular flexibility index (Phi) is 5.42. The Labute approximate surface area is 216 Å². The van der Waals surface area contributed by atoms with E-state index >= 15 is 0 Å². The van der Waals surface area contributed by atoms with Gasteiger partial charge in [-0.15, -0.1) is 10.2 Å². The van der Waals surface area contributed by atoms with Gasteiger partial charge in [0.25, 0.3) is 6.01 Å². The van der Waals surface area contributed by atoms with Gasteiger partial charge in [0.05, 0.1) is 28.9 Å². The fraction of sp³-hybridized carbons (Fsp3) is 0.259. The Morgan fingerprint density at radius 1 is 0.919 bits per heavy atom. The molecule has 186 valence electrons. The monoisotopic (exact) mass is 515 g/mol. The number of hydrogen-bond acceptors (Lipinski definition) is 8. The molecule has 3 atom stereocenters. The fourth-order valence-electron chi connectivity index (χ4n) is 4.87. The van der Waals surface area contributed by atoms with Crippen molar-refractivity contribution in [3.05, 3.63) is 65.5 Å². The van der Waals surface area contributed by atoms with E-state index in [0.717, 1.165) is 28.7 Å². The van der Waals surface area contributed by atoms with Gasteiger partial charge < -0.3 is 23.6 Å². The van der Waals surface area contributed by atoms with Crippen molar-refractivity contribution >= 4 is 22.8 Å². The first-order valence-corrected chi connectivity index (χ1v) is 12.5. The van der Waals surface area contributed by atoms with Gasteiger partial charge in [0.15, 0.2) is 11.8 Å². The molecule has 1 unspecified atom stereocenters. The van der Waals surface area contributed by atoms with Crippen molar-refractivity contribution in [3.63, 3.8) is 0 Å². The van der Waals surface area contributed by atoms with E-state index in [1.165, 1.54) is 0 Å². The molecule has 7 rings (SSSR count). The van der Waals surface area contributed by atoms with Crippen LogP contribution < -0.4 is 4.74 Å². The van der Waals surface area contributed by atoms with Gasteiger partial charge in [-0.25, -0.2) is 4.98 Å². The highest BCUT2D eigenvalue weighted by atomic mass is 35.5. The van der Waals surface area contributed by atoms with Crippen molar-refractivity contribution in [1.29, 1.82) is 0 Å². The van der Waals surface area contributed by atoms with Crippen molar-refractivity contribution in [2.45, 2.75) is 31.7 Å². The lowest BCUT2D eigenvalue weighted by atomic mass is 10.0. The van der Waals surface area contributed by atoms with Crippen LogP contribution in [0.2, 0.25) is 5.02 Å². The lowest BCUT2D eigenvalue weighted by Gasteiger charge is -2.15. The molecule has 0 radical (unpaired) electrons. The first kappa shape index (κ1) is 22.4. The second kappa shape index (κ2) is 8.95. The molecule has 2 fully saturated rings. The second-order valence-corrected chi connectivity index (χ2v) is 9.57. The van der Waals surface area contributed by atoms with Crippen LogP contribution in [0.1, 0.15) is 12.3 Å². The number of hydrogen-bond donors (Lipinski definition) is 1. The number of halogens is 1. The summed E-state index contributed by atoms with van der Waals surface area (Å²) in [4.78, 5) is 12.4. The highest BCUT2D eigenvalue weighted by Gasteiger charge is 2.43. The van der Waals surface area contributed by atoms with E-state index < -0.39 is 0 Å². The Bertz CT molecular complexity index is 1580. The van der Waals surface area contributed by atoms with Crippen LogP contribution in [-0.4, -0.2) is 56.7 Å². The van der Waals surface area contributed by atoms with Crippen molar-refractivity contribution in [2.24, 2.45) is 0 Å². The number of ether oxygens (including phenoxy) is 3. The average molecular weight is 516 g/mol. The number of rotatable bonds is 5. The Morgan fingerprint density at radius 3 is 2.38 bits per heavy atom. The third-order valence-corrected chi connectivity index (χ3v) is 7.03. The topological polar surface area (TPSA) is 108 Å². The van der Waals surface area contributed by atoms with Gasteiger partial charge in [-0.3, -0.25) is 0 Å². The van der Waals surface area contributed by atoms with Crippen LogP contribution in [0.3, 0.4) is 0 Å². The smallest absolute Gasteiger partial charge is 0.296 e. The van der Waals surface area contributed by atoms with Gasteiger partial charge in [-0.05, 0) is 35.7 Å². The third kappa shape index (κ3) is 4.15. The molecular formula is C27H22ClN5O4. The summed E-state index contributed by atoms with van der Waals surface area (Å²) in [6.07, 6.45) is 0.748. The minimum atomic E-state index is -0.194. The minimum absolute atomic E-state index is 0.0574. The maximum absolute atomic E-state index is 6.61. The summed E-state index contributed by atoms with van der Waals surface area (Å²) in [5.74, 6) is 1.05. The summed E-state index contributed by atoms with van der Waals surface area (Å²) in [6, 6.07) is 18.3. The highest BCUT2D eigenvalue weighted by Crippen LogP contribution is 2.33. The lowest BCUT2D eigenvalue weighted by Crippen LogP contribution is -2.32. The molecule has 0 spiro atoms. The summed E-state index contributed by atoms with van der Waals surface area (Å²) in [5, 5.41) is 8.48. The number of H-pyrrole nitrogens is 1. The molecule has 3 aromatic heterocycles. The van der Waals surface area contributed by atoms with Crippen LogP contribution in [0.5, 0.6) is 6.01 Å². The summed E-state index contributed by atoms with van der Waals surface area (Å²) in [7, 11) is 0. The summed E-state index contributed by atoms with van der Waals surface area (Å²) >= 11 is 6.61. The van der Waals surface area contributed by atoms with Crippen LogP contribution in [0.25, 0.3) is 45.0 Å². The Balaban J connectivity index is 1.11. The van der Waals surface area contributed by atoms with Crippen molar-refractivity contribution < 1.29 is 18.6 Å². The molecule has 2 saturated heterocycles. The van der Waals surface area contributed by atoms with E-state index in [2.05, 4.69) is 20.2 Å². The minimum Gasteiger partial charge on any atom is -0.456 e. The summed E-state index contributed by atoms with van der Waals surface area (Å²) < 4.78 is 23.1. The number of aromatic nitrogens is 5. The van der Waals surface area contributed by atoms with Crippen molar-refractivity contribution in [2.75, 3.05) is 13.2 Å². The fourth-order valence-corrected chi connectivity index (χ4v) is 5.13. The number of pyridine rings is 1. The number of imidazole rings is 1. The first-order chi connectivity index (χ1) is 18.1. The number of aromatic amines is 1. The molecule has 0 amide bonds. The molecule has 2 aromatic carbocycles. The van der Waals surface area contributed by atoms with Crippen LogP contribution >= 0.6 is 11.6 Å². The van der Waals surface area contributed by atoms with Crippen LogP contribution in [0, 0.1) is 6.92 Å². The van der Waals surface area contributed by atoms with Gasteiger partial charge in [-0.2, -0.15) is 4.98 Å². The molecule has 10 heteroatoms. The molecule has 1 N–H and O–H groups in total. The van der Waals surface area contributed by atoms with Crippen molar-refractivity contribution in [3.8, 4) is 39.8 Å². The Hall–Kier alpha value is -3.79. The number of nitrogens with one attached hydrogen (secondary N) is 1. The molecule has 5 heterocycles. The number of aryl methyl sites for hydroxylation is 1. The molecule has 0 saturated carbocycles. The first-order valence-electron chi connectivity index (χ1n) is 12.1. The number of fused-ring (bicyclic) bond motifs is 2. The number of benzene rings is 2. The molecule has 9 nitrogen and oxygen atoms in total. The quantitative estimate of drug-likeness (QED) is 0.338. The third-order valence-electron chi connectivity index (χ3n) is 6.74. The van der Waals surface area contributed by atoms with E-state index in [1.54, 1.807) is 6.92 Å². The largest absolute Gasteiger partial charge is 0.456 e. The molecule has 0 aliphatic carbocycles. The molecule has 2 aliphatic rings. The second-order valence-electron chi connectivity index (χ2n) is 9.17. The van der Waals surface area contributed by atoms with Gasteiger partial charge in [0.2, 0.25) is 11.8 Å². The van der Waals surface area contributed by atoms with Gasteiger partial charge in [0.1, 0.15) is 6.10 Å². The molecule has 2 aliphatic heterocycles. The molecule has 5 aromatic rings. The summed E-state index contributed by atoms with van der Waals surface area (Å²) in [6.45, 7) is 2.95. The van der Waals surface area contributed by atoms with E-state index in [1.807, 2.05) is 54.6 Å². The lowest BCUT2D eigenvalue weighted by molar-refractivity contribution is 0.0273. The van der Waals surface area contributed by atoms with E-state index in [4.69, 9.17) is 35.2 Å². The van der Waals surface area contributed by atoms with Crippen LogP contribution in [0.15, 0.2) is 59.0 Å². The average Bonchev–Trinajstić information content (AvgIpc) is 3.70. The summed E-state index contributed by atoms with van der Waals surface area (Å²) in [5.41, 5.74) is 5.81. The molecular weight excluding hydrogens is 494 g/mol. The zero-order chi connectivity index (χ0) is 24.9. The van der Waals surface area contributed by atoms with Crippen LogP contribution in [0.4, 0.5) is 0 Å². The van der Waals surface area contributed by atoms with Crippen LogP contribution in [-0.2, 0) is 9.47 Å². The van der Waals surface area contributed by atoms with E-state index in [0.29, 0.717) is 52.9 Å². The predicted molar refractivity (Wildman–Crippen MR) is 136 cm³/mol. The zero-order valence-corrected chi connectivity index (χ0v) is 20.6. The number of nitrogens with zero attached hydrogens (tertiary/aromatic N) is 4. The van der Waals surface area contributed by atoms with Gasteiger partial charge in [0, 0.05) is 24.7 Å². The van der Waals surface area contributed by atoms with E-state index in [9.17, 15) is 0 Å². The zero-order valence-electron chi connectivity index (χ0n) is 19.8. The molecule has 37 heavy (non-hydrogen) atoms. The maximum atomic E-state index is 6.61. The maximum Gasteiger partial charge on any atom is 0.296 e. The standard InChI is InChI=1S/C27H22ClN5O4/c1-14-32-33-26(36-14)18-8-4-16(5-9-18)15-2-6-17(7-3-15)23-19(28)12-20-25(30-23)31-27(29-20)37-22-13-35-21-10-11-34-24(21)22/h2-9,12,21-22,24H,10-11,13H2,1H3,(H,29,30,31)/t21-,22?,24+/m1/s1. The highest BCUT2D eigenvalue weighted by molar-refractivity contribution is 6.33.